The molecular weight excluding hydrogens is 214 g/mol. The van der Waals surface area contributed by atoms with Crippen LogP contribution in [0.5, 0.6) is 0 Å². The van der Waals surface area contributed by atoms with Gasteiger partial charge in [-0.15, -0.1) is 0 Å². The van der Waals surface area contributed by atoms with Crippen LogP contribution in [0.3, 0.4) is 0 Å². The van der Waals surface area contributed by atoms with Crippen LogP contribution < -0.4 is 5.32 Å². The Balaban J connectivity index is 1.99. The van der Waals surface area contributed by atoms with Crippen LogP contribution in [0, 0.1) is 11.3 Å². The van der Waals surface area contributed by atoms with Gasteiger partial charge in [0, 0.05) is 19.1 Å². The number of fused-ring (bicyclic) bond motifs is 1. The Kier molecular flexibility index (Phi) is 4.03. The smallest absolute Gasteiger partial charge is 0.116 e. The van der Waals surface area contributed by atoms with Crippen molar-refractivity contribution in [1.29, 1.82) is 5.26 Å². The fourth-order valence-electron chi connectivity index (χ4n) is 3.13. The summed E-state index contributed by atoms with van der Waals surface area (Å²) in [7, 11) is 0. The summed E-state index contributed by atoms with van der Waals surface area (Å²) in [5.74, 6) is 0. The molecular formula is C13H23N3O. The van der Waals surface area contributed by atoms with Crippen molar-refractivity contribution in [3.63, 3.8) is 0 Å². The van der Waals surface area contributed by atoms with Crippen LogP contribution in [0.15, 0.2) is 0 Å². The van der Waals surface area contributed by atoms with Crippen LogP contribution in [-0.2, 0) is 4.74 Å². The molecule has 0 spiro atoms. The lowest BCUT2D eigenvalue weighted by atomic mass is 10.0. The summed E-state index contributed by atoms with van der Waals surface area (Å²) in [6.45, 7) is 7.46. The zero-order valence-corrected chi connectivity index (χ0v) is 10.9. The first-order chi connectivity index (χ1) is 8.18. The summed E-state index contributed by atoms with van der Waals surface area (Å²) in [5, 5.41) is 12.6. The molecule has 2 rings (SSSR count). The second-order valence-electron chi connectivity index (χ2n) is 5.35. The second-order valence-corrected chi connectivity index (χ2v) is 5.35. The molecule has 2 fully saturated rings. The SMILES string of the molecule is CCNC(C)(C#N)CN1CCOC2CCCC21. The van der Waals surface area contributed by atoms with E-state index in [1.807, 2.05) is 13.8 Å². The fourth-order valence-corrected chi connectivity index (χ4v) is 3.13. The van der Waals surface area contributed by atoms with E-state index in [9.17, 15) is 5.26 Å². The summed E-state index contributed by atoms with van der Waals surface area (Å²) in [4.78, 5) is 2.45. The minimum atomic E-state index is -0.431. The average molecular weight is 237 g/mol. The van der Waals surface area contributed by atoms with Gasteiger partial charge in [-0.2, -0.15) is 5.26 Å². The van der Waals surface area contributed by atoms with E-state index in [4.69, 9.17) is 4.74 Å². The first kappa shape index (κ1) is 12.8. The number of nitrogens with one attached hydrogen (secondary N) is 1. The van der Waals surface area contributed by atoms with E-state index in [0.717, 1.165) is 26.2 Å². The van der Waals surface area contributed by atoms with Gasteiger partial charge in [0.15, 0.2) is 0 Å². The van der Waals surface area contributed by atoms with Gasteiger partial charge in [0.1, 0.15) is 5.54 Å². The zero-order chi connectivity index (χ0) is 12.3. The third kappa shape index (κ3) is 2.79. The van der Waals surface area contributed by atoms with Crippen molar-refractivity contribution in [2.45, 2.75) is 50.8 Å². The molecule has 0 radical (unpaired) electrons. The number of morpholine rings is 1. The minimum Gasteiger partial charge on any atom is -0.375 e. The summed E-state index contributed by atoms with van der Waals surface area (Å²) < 4.78 is 5.80. The van der Waals surface area contributed by atoms with Gasteiger partial charge in [-0.25, -0.2) is 0 Å². The molecule has 3 unspecified atom stereocenters. The number of hydrogen-bond acceptors (Lipinski definition) is 4. The number of hydrogen-bond donors (Lipinski definition) is 1. The molecule has 2 aliphatic rings. The Morgan fingerprint density at radius 2 is 2.35 bits per heavy atom. The third-order valence-electron chi connectivity index (χ3n) is 3.93. The Hall–Kier alpha value is -0.630. The molecule has 0 amide bonds. The molecule has 1 aliphatic carbocycles. The van der Waals surface area contributed by atoms with E-state index >= 15 is 0 Å². The molecule has 4 nitrogen and oxygen atoms in total. The van der Waals surface area contributed by atoms with Crippen LogP contribution in [0.4, 0.5) is 0 Å². The molecule has 1 N–H and O–H groups in total. The van der Waals surface area contributed by atoms with Crippen LogP contribution in [0.2, 0.25) is 0 Å². The predicted octanol–water partition coefficient (Wildman–Crippen LogP) is 1.13. The zero-order valence-electron chi connectivity index (χ0n) is 10.9. The molecule has 17 heavy (non-hydrogen) atoms. The minimum absolute atomic E-state index is 0.410. The largest absolute Gasteiger partial charge is 0.375 e. The fraction of sp³-hybridized carbons (Fsp3) is 0.923. The first-order valence-corrected chi connectivity index (χ1v) is 6.70. The van der Waals surface area contributed by atoms with Crippen molar-refractivity contribution < 1.29 is 4.74 Å². The van der Waals surface area contributed by atoms with Crippen LogP contribution in [-0.4, -0.2) is 48.8 Å². The van der Waals surface area contributed by atoms with E-state index in [-0.39, 0.29) is 0 Å². The summed E-state index contributed by atoms with van der Waals surface area (Å²) in [5.41, 5.74) is -0.431. The predicted molar refractivity (Wildman–Crippen MR) is 66.6 cm³/mol. The number of rotatable bonds is 4. The molecule has 0 aromatic heterocycles. The van der Waals surface area contributed by atoms with Crippen molar-refractivity contribution in [2.75, 3.05) is 26.2 Å². The maximum atomic E-state index is 9.32. The van der Waals surface area contributed by atoms with Gasteiger partial charge in [-0.05, 0) is 32.7 Å². The maximum Gasteiger partial charge on any atom is 0.116 e. The Morgan fingerprint density at radius 3 is 3.06 bits per heavy atom. The molecule has 3 atom stereocenters. The first-order valence-electron chi connectivity index (χ1n) is 6.70. The van der Waals surface area contributed by atoms with E-state index in [2.05, 4.69) is 16.3 Å². The molecule has 1 saturated heterocycles. The quantitative estimate of drug-likeness (QED) is 0.796. The lowest BCUT2D eigenvalue weighted by Crippen LogP contribution is -2.57. The molecule has 4 heteroatoms. The van der Waals surface area contributed by atoms with Gasteiger partial charge < -0.3 is 4.74 Å². The van der Waals surface area contributed by atoms with Crippen molar-refractivity contribution >= 4 is 0 Å². The number of likely N-dealkylation sites (N-methyl/N-ethyl adjacent to an activating group) is 1. The highest BCUT2D eigenvalue weighted by Gasteiger charge is 2.39. The van der Waals surface area contributed by atoms with Crippen molar-refractivity contribution in [3.8, 4) is 6.07 Å². The van der Waals surface area contributed by atoms with Crippen molar-refractivity contribution in [1.82, 2.24) is 10.2 Å². The Labute approximate surface area is 104 Å². The van der Waals surface area contributed by atoms with Crippen molar-refractivity contribution in [2.24, 2.45) is 0 Å². The van der Waals surface area contributed by atoms with E-state index < -0.39 is 5.54 Å². The molecule has 96 valence electrons. The molecule has 0 aromatic carbocycles. The van der Waals surface area contributed by atoms with Gasteiger partial charge in [-0.1, -0.05) is 6.92 Å². The third-order valence-corrected chi connectivity index (χ3v) is 3.93. The molecule has 1 aliphatic heterocycles. The Morgan fingerprint density at radius 1 is 1.53 bits per heavy atom. The van der Waals surface area contributed by atoms with E-state index in [1.165, 1.54) is 19.3 Å². The van der Waals surface area contributed by atoms with Crippen LogP contribution in [0.25, 0.3) is 0 Å². The van der Waals surface area contributed by atoms with Gasteiger partial charge in [0.05, 0.1) is 18.8 Å². The topological polar surface area (TPSA) is 48.3 Å². The lowest BCUT2D eigenvalue weighted by molar-refractivity contribution is -0.0603. The van der Waals surface area contributed by atoms with Gasteiger partial charge >= 0.3 is 0 Å². The Bertz CT molecular complexity index is 302. The molecule has 0 aromatic rings. The summed E-state index contributed by atoms with van der Waals surface area (Å²) >= 11 is 0. The van der Waals surface area contributed by atoms with Gasteiger partial charge in [-0.3, -0.25) is 10.2 Å². The maximum absolute atomic E-state index is 9.32. The molecule has 1 saturated carbocycles. The van der Waals surface area contributed by atoms with Crippen LogP contribution >= 0.6 is 0 Å². The number of nitriles is 1. The van der Waals surface area contributed by atoms with Crippen LogP contribution in [0.1, 0.15) is 33.1 Å². The molecule has 1 heterocycles. The highest BCUT2D eigenvalue weighted by atomic mass is 16.5. The highest BCUT2D eigenvalue weighted by Crippen LogP contribution is 2.30. The summed E-state index contributed by atoms with van der Waals surface area (Å²) in [6.07, 6.45) is 4.08. The summed E-state index contributed by atoms with van der Waals surface area (Å²) in [6, 6.07) is 2.95. The normalized spacial score (nSPS) is 32.8. The highest BCUT2D eigenvalue weighted by molar-refractivity contribution is 5.07. The van der Waals surface area contributed by atoms with E-state index in [1.54, 1.807) is 0 Å². The average Bonchev–Trinajstić information content (AvgIpc) is 2.78. The monoisotopic (exact) mass is 237 g/mol. The lowest BCUT2D eigenvalue weighted by Gasteiger charge is -2.41. The van der Waals surface area contributed by atoms with Gasteiger partial charge in [0.2, 0.25) is 0 Å². The standard InChI is InChI=1S/C13H23N3O/c1-3-15-13(2,9-14)10-16-7-8-17-12-6-4-5-11(12)16/h11-12,15H,3-8,10H2,1-2H3. The second kappa shape index (κ2) is 5.34. The van der Waals surface area contributed by atoms with Crippen molar-refractivity contribution in [3.05, 3.63) is 0 Å². The van der Waals surface area contributed by atoms with Gasteiger partial charge in [0.25, 0.3) is 0 Å². The number of nitrogens with zero attached hydrogens (tertiary/aromatic N) is 2. The molecule has 0 bridgehead atoms. The van der Waals surface area contributed by atoms with E-state index in [0.29, 0.717) is 12.1 Å². The number of ether oxygens (including phenoxy) is 1.